The summed E-state index contributed by atoms with van der Waals surface area (Å²) in [5, 5.41) is 47.2. The Kier molecular flexibility index (Phi) is 35.4. The van der Waals surface area contributed by atoms with Crippen molar-refractivity contribution in [3.05, 3.63) is 218 Å². The van der Waals surface area contributed by atoms with E-state index >= 15 is 0 Å². The number of anilines is 4. The average Bonchev–Trinajstić information content (AvgIpc) is 1.25. The van der Waals surface area contributed by atoms with Crippen LogP contribution in [0.25, 0.3) is 77.3 Å². The second-order valence-corrected chi connectivity index (χ2v) is 33.9. The average molecular weight is 1910 g/mol. The molecule has 35 heteroatoms. The van der Waals surface area contributed by atoms with Gasteiger partial charge in [-0.2, -0.15) is 40.6 Å². The Hall–Kier alpha value is -14.0. The van der Waals surface area contributed by atoms with E-state index in [4.69, 9.17) is 75.7 Å². The molecule has 3 N–H and O–H groups in total. The number of pyridine rings is 5. The Bertz CT molecular complexity index is 7010. The summed E-state index contributed by atoms with van der Waals surface area (Å²) in [5.41, 5.74) is 18.0. The van der Waals surface area contributed by atoms with Gasteiger partial charge < -0.3 is 53.4 Å². The maximum Gasteiger partial charge on any atom is 0.373 e. The Balaban J connectivity index is 0.000000159. The number of aryl methyl sites for hydroxylation is 13. The van der Waals surface area contributed by atoms with E-state index in [1.54, 1.807) is 39.8 Å². The topological polar surface area (TPSA) is 398 Å². The first-order chi connectivity index (χ1) is 66.1. The molecule has 0 amide bonds. The Morgan fingerprint density at radius 3 is 1.14 bits per heavy atom. The van der Waals surface area contributed by atoms with Gasteiger partial charge in [0, 0.05) is 131 Å². The SMILES string of the molecule is CCCC#N.CCc1cc(F)c(N)c(C(C)=O)c1.CCc1cc(F)c2[nH]c(=O)c(C#N)c(C)c2c1.CCc1cc(F)c2nc(Cl)c(C#N)c(C)c2c1.CCc1cc(F)c2nc(N3CCC(=O)CC3)c(-c3noc(C)n3)c(C)c2c1.CCc1cc(F)c2nc(N3CCC4(CC3)OCCO4)c(-c3noc(C)n3)c(C)c2c1.CCc1cc(F)c2nc(N3CCC4(CC3)OCCO4)c(C#N)c(C)c2c1.O=C=O. The summed E-state index contributed by atoms with van der Waals surface area (Å²) in [6.07, 6.45) is 10.1. The van der Waals surface area contributed by atoms with Crippen LogP contribution in [0.4, 0.5) is 49.5 Å². The lowest BCUT2D eigenvalue weighted by Gasteiger charge is -2.38. The third-order valence-electron chi connectivity index (χ3n) is 24.9. The fourth-order valence-corrected chi connectivity index (χ4v) is 17.3. The van der Waals surface area contributed by atoms with E-state index in [1.165, 1.54) is 37.3 Å². The van der Waals surface area contributed by atoms with Gasteiger partial charge in [0.2, 0.25) is 23.4 Å². The van der Waals surface area contributed by atoms with E-state index in [0.717, 1.165) is 122 Å². The molecule has 6 aromatic carbocycles. The number of benzene rings is 6. The number of ether oxygens (including phenoxy) is 4. The van der Waals surface area contributed by atoms with Crippen LogP contribution in [0, 0.1) is 129 Å². The van der Waals surface area contributed by atoms with Crippen molar-refractivity contribution < 1.29 is 73.5 Å². The molecule has 138 heavy (non-hydrogen) atoms. The lowest BCUT2D eigenvalue weighted by molar-refractivity contribution is -0.191. The van der Waals surface area contributed by atoms with Crippen LogP contribution in [0.5, 0.6) is 0 Å². The molecule has 18 rings (SSSR count). The van der Waals surface area contributed by atoms with Crippen molar-refractivity contribution in [2.75, 3.05) is 86.1 Å². The van der Waals surface area contributed by atoms with Crippen LogP contribution in [0.15, 0.2) is 86.6 Å². The molecule has 0 bridgehead atoms. The van der Waals surface area contributed by atoms with Crippen molar-refractivity contribution in [1.29, 1.82) is 21.0 Å². The number of ketones is 2. The van der Waals surface area contributed by atoms with Crippen molar-refractivity contribution in [3.8, 4) is 47.1 Å². The number of nitrogen functional groups attached to an aromatic ring is 1. The van der Waals surface area contributed by atoms with Gasteiger partial charge in [-0.15, -0.1) is 0 Å². The van der Waals surface area contributed by atoms with Crippen LogP contribution in [0.3, 0.4) is 0 Å². The minimum Gasteiger partial charge on any atom is -0.396 e. The van der Waals surface area contributed by atoms with Crippen LogP contribution in [0.2, 0.25) is 5.15 Å². The number of Topliss-reactive ketones (excluding diaryl/α,β-unsaturated/α-hetero) is 2. The number of H-pyrrole nitrogens is 1. The van der Waals surface area contributed by atoms with E-state index in [1.807, 2.05) is 123 Å². The summed E-state index contributed by atoms with van der Waals surface area (Å²) < 4.78 is 119. The third kappa shape index (κ3) is 23.5. The second-order valence-electron chi connectivity index (χ2n) is 33.6. The van der Waals surface area contributed by atoms with Gasteiger partial charge in [-0.25, -0.2) is 46.3 Å². The highest BCUT2D eigenvalue weighted by atomic mass is 35.5. The summed E-state index contributed by atoms with van der Waals surface area (Å²) in [5.74, 6) is 0.423. The van der Waals surface area contributed by atoms with Gasteiger partial charge in [0.1, 0.15) is 109 Å². The van der Waals surface area contributed by atoms with Crippen molar-refractivity contribution in [2.45, 2.75) is 205 Å². The number of aromatic amines is 1. The lowest BCUT2D eigenvalue weighted by Crippen LogP contribution is -2.45. The first kappa shape index (κ1) is 105. The predicted molar refractivity (Wildman–Crippen MR) is 511 cm³/mol. The minimum atomic E-state index is -0.541. The largest absolute Gasteiger partial charge is 0.396 e. The number of piperidine rings is 3. The standard InChI is InChI=1S/C22H25FN4O3.C20H21FN4O2.C20H22FN3O2.C13H10ClFN2.C13H11FN2O.C10H12FNO.C4H7N.CO2/c1-4-15-11-16-13(2)18(20-24-14(3)30-26-20)21(25-19(16)17(23)12-15)27-7-5-22(6-8-27)28-9-10-29-22;1-4-13-9-15-11(2)17(19-22-12(3)27-24-19)20(23-18(15)16(21)10-13)25-7-5-14(26)6-8-25;1-3-14-10-15-13(2)16(12-22)19(23-18(15)17(21)11-14)24-6-4-20(5-7-24)25-8-9-26-20;1-3-8-4-9-7(2)10(6-16)13(14)17-12(9)11(15)5-8;1-3-8-4-9-7(2)10(6-15)13(17)16-12(9)11(14)5-8;1-3-7-4-8(6(2)13)10(12)9(11)5-7;1-2-3-4-5;2-1-3/h11-12H,4-10H2,1-3H3;9-10H,4-8H2,1-3H3;10-11H,3-9H2,1-2H3;4-5H,3H2,1-2H3;4-5H,3H2,1-2H3,(H,16,17);4-5H,3,12H2,1-2H3;2-3H2,1H3;. The van der Waals surface area contributed by atoms with Crippen molar-refractivity contribution in [2.24, 2.45) is 0 Å². The number of hydrogen-bond donors (Lipinski definition) is 2. The summed E-state index contributed by atoms with van der Waals surface area (Å²) in [4.78, 5) is 85.9. The third-order valence-corrected chi connectivity index (χ3v) is 25.1. The Labute approximate surface area is 799 Å². The molecule has 0 unspecified atom stereocenters. The number of unbranched alkanes of at least 4 members (excludes halogenated alkanes) is 1. The van der Waals surface area contributed by atoms with Crippen LogP contribution in [0.1, 0.15) is 207 Å². The van der Waals surface area contributed by atoms with Gasteiger partial charge in [0.25, 0.3) is 5.56 Å². The molecule has 0 radical (unpaired) electrons. The number of nitrogens with two attached hydrogens (primary N) is 1. The first-order valence-electron chi connectivity index (χ1n) is 45.7. The molecule has 0 atom stereocenters. The minimum absolute atomic E-state index is 0.0464. The van der Waals surface area contributed by atoms with Crippen LogP contribution < -0.4 is 26.0 Å². The van der Waals surface area contributed by atoms with Crippen molar-refractivity contribution in [1.82, 2.24) is 45.2 Å². The van der Waals surface area contributed by atoms with Crippen LogP contribution in [-0.2, 0) is 71.9 Å². The Morgan fingerprint density at radius 1 is 0.449 bits per heavy atom. The highest BCUT2D eigenvalue weighted by molar-refractivity contribution is 6.31. The van der Waals surface area contributed by atoms with Crippen molar-refractivity contribution >= 4 is 107 Å². The molecule has 720 valence electrons. The summed E-state index contributed by atoms with van der Waals surface area (Å²) >= 11 is 5.85. The fourth-order valence-electron chi connectivity index (χ4n) is 17.0. The number of nitrogens with zero attached hydrogens (tertiary/aromatic N) is 15. The lowest BCUT2D eigenvalue weighted by atomic mass is 9.98. The number of carbonyl (C=O) groups is 2. The monoisotopic (exact) mass is 1910 g/mol. The number of rotatable bonds is 13. The normalized spacial score (nSPS) is 14.4. The quantitative estimate of drug-likeness (QED) is 0.0468. The molecule has 28 nitrogen and oxygen atoms in total. The molecular weight excluding hydrogens is 1800 g/mol. The fraction of sp³-hybridized carbons (Fsp3) is 0.398. The Morgan fingerprint density at radius 2 is 0.783 bits per heavy atom. The number of carbonyl (C=O) groups excluding carboxylic acids is 4. The maximum absolute atomic E-state index is 15.0. The number of hydrogen-bond acceptors (Lipinski definition) is 27. The number of nitrogens with one attached hydrogen (secondary N) is 1. The highest BCUT2D eigenvalue weighted by Crippen LogP contribution is 2.44. The zero-order chi connectivity index (χ0) is 100. The molecule has 12 heterocycles. The molecule has 5 saturated heterocycles. The van der Waals surface area contributed by atoms with Gasteiger partial charge >= 0.3 is 6.15 Å². The molecule has 13 aromatic rings. The molecule has 5 aliphatic heterocycles. The summed E-state index contributed by atoms with van der Waals surface area (Å²) in [6, 6.07) is 28.2. The summed E-state index contributed by atoms with van der Waals surface area (Å²) in [6.45, 7) is 34.2. The molecule has 5 fully saturated rings. The van der Waals surface area contributed by atoms with Gasteiger partial charge in [-0.05, 0) is 220 Å². The van der Waals surface area contributed by atoms with Crippen LogP contribution >= 0.6 is 11.6 Å². The molecular formula is C103H108ClF6N17O11. The molecule has 5 aliphatic rings. The second kappa shape index (κ2) is 46.7. The van der Waals surface area contributed by atoms with E-state index < -0.39 is 34.6 Å². The molecule has 0 aliphatic carbocycles. The number of aromatic nitrogens is 9. The number of fused-ring (bicyclic) bond motifs is 5. The maximum atomic E-state index is 15.0. The highest BCUT2D eigenvalue weighted by Gasteiger charge is 2.43. The van der Waals surface area contributed by atoms with Gasteiger partial charge in [0.05, 0.1) is 66.0 Å². The number of halogens is 7. The van der Waals surface area contributed by atoms with E-state index in [2.05, 4.69) is 56.1 Å². The summed E-state index contributed by atoms with van der Waals surface area (Å²) in [7, 11) is 0. The predicted octanol–water partition coefficient (Wildman–Crippen LogP) is 20.3. The van der Waals surface area contributed by atoms with Gasteiger partial charge in [-0.3, -0.25) is 14.4 Å². The first-order valence-corrected chi connectivity index (χ1v) is 46.1. The molecule has 7 aromatic heterocycles. The van der Waals surface area contributed by atoms with E-state index in [0.29, 0.717) is 201 Å². The zero-order valence-corrected chi connectivity index (χ0v) is 80.6. The zero-order valence-electron chi connectivity index (χ0n) is 79.8. The number of nitriles is 4. The van der Waals surface area contributed by atoms with Gasteiger partial charge in [0.15, 0.2) is 17.4 Å². The van der Waals surface area contributed by atoms with E-state index in [-0.39, 0.29) is 68.2 Å². The smallest absolute Gasteiger partial charge is 0.373 e. The van der Waals surface area contributed by atoms with Crippen LogP contribution in [-0.4, -0.2) is 140 Å². The molecule has 2 spiro atoms. The molecule has 0 saturated carbocycles. The van der Waals surface area contributed by atoms with Gasteiger partial charge in [-0.1, -0.05) is 70.4 Å². The van der Waals surface area contributed by atoms with Crippen molar-refractivity contribution in [3.63, 3.8) is 0 Å². The van der Waals surface area contributed by atoms with E-state index in [9.17, 15) is 46.0 Å².